The first-order valence-corrected chi connectivity index (χ1v) is 9.72. The van der Waals surface area contributed by atoms with Crippen LogP contribution in [0.5, 0.6) is 0 Å². The van der Waals surface area contributed by atoms with Gasteiger partial charge >= 0.3 is 0 Å². The van der Waals surface area contributed by atoms with Crippen molar-refractivity contribution in [3.63, 3.8) is 0 Å². The predicted molar refractivity (Wildman–Crippen MR) is 92.7 cm³/mol. The van der Waals surface area contributed by atoms with E-state index >= 15 is 0 Å². The number of aromatic nitrogens is 3. The quantitative estimate of drug-likeness (QED) is 0.816. The van der Waals surface area contributed by atoms with Crippen molar-refractivity contribution in [2.24, 2.45) is 0 Å². The Morgan fingerprint density at radius 1 is 1.35 bits per heavy atom. The Balaban J connectivity index is 1.71. The predicted octanol–water partition coefficient (Wildman–Crippen LogP) is 2.29. The molecule has 1 aromatic heterocycles. The fourth-order valence-corrected chi connectivity index (χ4v) is 4.40. The zero-order valence-electron chi connectivity index (χ0n) is 12.5. The second-order valence-corrected chi connectivity index (χ2v) is 8.58. The van der Waals surface area contributed by atoms with Gasteiger partial charge in [-0.05, 0) is 31.0 Å². The molecular formula is C14H16BrN5O2S. The van der Waals surface area contributed by atoms with E-state index < -0.39 is 9.84 Å². The number of hydrogen-bond donors (Lipinski definition) is 2. The molecule has 3 rings (SSSR count). The first-order chi connectivity index (χ1) is 10.9. The molecule has 0 saturated carbocycles. The van der Waals surface area contributed by atoms with Gasteiger partial charge in [0.2, 0.25) is 5.95 Å². The topological polar surface area (TPSA) is 96.9 Å². The number of rotatable bonds is 4. The zero-order valence-corrected chi connectivity index (χ0v) is 14.9. The summed E-state index contributed by atoms with van der Waals surface area (Å²) in [5.41, 5.74) is 1.97. The fraction of sp³-hybridized carbons (Fsp3) is 0.357. The van der Waals surface area contributed by atoms with Crippen molar-refractivity contribution >= 4 is 43.2 Å². The van der Waals surface area contributed by atoms with Gasteiger partial charge in [-0.3, -0.25) is 0 Å². The number of anilines is 3. The Kier molecular flexibility index (Phi) is 4.49. The van der Waals surface area contributed by atoms with Crippen LogP contribution in [0.25, 0.3) is 0 Å². The summed E-state index contributed by atoms with van der Waals surface area (Å²) >= 11 is 3.48. The Morgan fingerprint density at radius 3 is 2.87 bits per heavy atom. The van der Waals surface area contributed by atoms with Crippen molar-refractivity contribution in [3.05, 3.63) is 34.4 Å². The van der Waals surface area contributed by atoms with Gasteiger partial charge in [-0.2, -0.15) is 10.1 Å². The van der Waals surface area contributed by atoms with Crippen LogP contribution in [-0.4, -0.2) is 41.1 Å². The molecule has 0 spiro atoms. The third-order valence-electron chi connectivity index (χ3n) is 3.57. The minimum atomic E-state index is -2.93. The number of halogens is 1. The van der Waals surface area contributed by atoms with Crippen LogP contribution in [0.1, 0.15) is 12.0 Å². The van der Waals surface area contributed by atoms with Crippen molar-refractivity contribution < 1.29 is 8.42 Å². The van der Waals surface area contributed by atoms with Gasteiger partial charge in [-0.25, -0.2) is 8.42 Å². The van der Waals surface area contributed by atoms with E-state index in [1.54, 1.807) is 0 Å². The fourth-order valence-electron chi connectivity index (χ4n) is 2.34. The van der Waals surface area contributed by atoms with Gasteiger partial charge in [-0.15, -0.1) is 5.10 Å². The second kappa shape index (κ2) is 6.40. The summed E-state index contributed by atoms with van der Waals surface area (Å²) in [5, 5.41) is 14.0. The van der Waals surface area contributed by atoms with E-state index in [0.717, 1.165) is 15.7 Å². The molecule has 1 fully saturated rings. The summed E-state index contributed by atoms with van der Waals surface area (Å²) in [6.07, 6.45) is 2.07. The molecule has 1 atom stereocenters. The SMILES string of the molecule is Cc1ccc(Nc2nncc(NC3CCS(=O)(=O)C3)n2)cc1Br. The molecule has 1 saturated heterocycles. The van der Waals surface area contributed by atoms with Gasteiger partial charge in [-0.1, -0.05) is 22.0 Å². The molecule has 9 heteroatoms. The number of aryl methyl sites for hydroxylation is 1. The van der Waals surface area contributed by atoms with Crippen LogP contribution >= 0.6 is 15.9 Å². The summed E-state index contributed by atoms with van der Waals surface area (Å²) in [7, 11) is -2.93. The summed E-state index contributed by atoms with van der Waals surface area (Å²) in [6.45, 7) is 2.01. The zero-order chi connectivity index (χ0) is 16.4. The molecule has 0 bridgehead atoms. The molecule has 2 N–H and O–H groups in total. The molecule has 1 aliphatic rings. The molecule has 0 radical (unpaired) electrons. The highest BCUT2D eigenvalue weighted by molar-refractivity contribution is 9.10. The summed E-state index contributed by atoms with van der Waals surface area (Å²) < 4.78 is 24.0. The monoisotopic (exact) mass is 397 g/mol. The van der Waals surface area contributed by atoms with Gasteiger partial charge in [0.25, 0.3) is 0 Å². The van der Waals surface area contributed by atoms with Crippen LogP contribution in [0.15, 0.2) is 28.9 Å². The summed E-state index contributed by atoms with van der Waals surface area (Å²) in [4.78, 5) is 4.33. The maximum atomic E-state index is 11.5. The minimum Gasteiger partial charge on any atom is -0.365 e. The number of sulfone groups is 1. The maximum Gasteiger partial charge on any atom is 0.249 e. The molecule has 0 aliphatic carbocycles. The van der Waals surface area contributed by atoms with Crippen LogP contribution in [0.3, 0.4) is 0 Å². The Hall–Kier alpha value is -1.74. The first kappa shape index (κ1) is 16.1. The van der Waals surface area contributed by atoms with E-state index in [4.69, 9.17) is 0 Å². The van der Waals surface area contributed by atoms with Crippen LogP contribution in [0, 0.1) is 6.92 Å². The second-order valence-electron chi connectivity index (χ2n) is 5.50. The van der Waals surface area contributed by atoms with Crippen LogP contribution in [-0.2, 0) is 9.84 Å². The number of hydrogen-bond acceptors (Lipinski definition) is 7. The molecule has 1 aromatic carbocycles. The van der Waals surface area contributed by atoms with Gasteiger partial charge in [0.05, 0.1) is 17.7 Å². The lowest BCUT2D eigenvalue weighted by atomic mass is 10.2. The maximum absolute atomic E-state index is 11.5. The highest BCUT2D eigenvalue weighted by Crippen LogP contribution is 2.23. The van der Waals surface area contributed by atoms with Gasteiger partial charge < -0.3 is 10.6 Å². The molecule has 23 heavy (non-hydrogen) atoms. The molecule has 7 nitrogen and oxygen atoms in total. The molecule has 2 heterocycles. The van der Waals surface area contributed by atoms with E-state index in [2.05, 4.69) is 41.7 Å². The number of nitrogens with zero attached hydrogens (tertiary/aromatic N) is 3. The van der Waals surface area contributed by atoms with Gasteiger partial charge in [0, 0.05) is 16.2 Å². The third kappa shape index (κ3) is 4.17. The van der Waals surface area contributed by atoms with Gasteiger partial charge in [0.1, 0.15) is 0 Å². The van der Waals surface area contributed by atoms with E-state index in [9.17, 15) is 8.42 Å². The van der Waals surface area contributed by atoms with Crippen LogP contribution in [0.2, 0.25) is 0 Å². The molecule has 122 valence electrons. The van der Waals surface area contributed by atoms with Crippen molar-refractivity contribution in [2.45, 2.75) is 19.4 Å². The molecule has 0 amide bonds. The Labute approximate surface area is 143 Å². The van der Waals surface area contributed by atoms with Crippen molar-refractivity contribution in [3.8, 4) is 0 Å². The largest absolute Gasteiger partial charge is 0.365 e. The third-order valence-corrected chi connectivity index (χ3v) is 6.19. The lowest BCUT2D eigenvalue weighted by Crippen LogP contribution is -2.21. The summed E-state index contributed by atoms with van der Waals surface area (Å²) in [5.74, 6) is 1.21. The first-order valence-electron chi connectivity index (χ1n) is 7.11. The standard InChI is InChI=1S/C14H16BrN5O2S/c1-9-2-3-10(6-12(9)15)18-14-19-13(7-16-20-14)17-11-4-5-23(21,22)8-11/h2-3,6-7,11H,4-5,8H2,1H3,(H2,17,18,19,20). The molecule has 1 unspecified atom stereocenters. The lowest BCUT2D eigenvalue weighted by Gasteiger charge is -2.12. The Morgan fingerprint density at radius 2 is 2.17 bits per heavy atom. The van der Waals surface area contributed by atoms with E-state index in [-0.39, 0.29) is 17.5 Å². The minimum absolute atomic E-state index is 0.127. The van der Waals surface area contributed by atoms with Crippen molar-refractivity contribution in [2.75, 3.05) is 22.1 Å². The average Bonchev–Trinajstić information content (AvgIpc) is 2.82. The number of nitrogens with one attached hydrogen (secondary N) is 2. The highest BCUT2D eigenvalue weighted by Gasteiger charge is 2.28. The molecule has 1 aliphatic heterocycles. The molecular weight excluding hydrogens is 382 g/mol. The van der Waals surface area contributed by atoms with Gasteiger partial charge in [0.15, 0.2) is 15.7 Å². The number of benzene rings is 1. The highest BCUT2D eigenvalue weighted by atomic mass is 79.9. The normalized spacial score (nSPS) is 19.5. The van der Waals surface area contributed by atoms with E-state index in [0.29, 0.717) is 18.2 Å². The summed E-state index contributed by atoms with van der Waals surface area (Å²) in [6, 6.07) is 5.71. The Bertz CT molecular complexity index is 828. The van der Waals surface area contributed by atoms with Crippen LogP contribution in [0.4, 0.5) is 17.5 Å². The van der Waals surface area contributed by atoms with E-state index in [1.807, 2.05) is 25.1 Å². The smallest absolute Gasteiger partial charge is 0.249 e. The van der Waals surface area contributed by atoms with Crippen LogP contribution < -0.4 is 10.6 Å². The lowest BCUT2D eigenvalue weighted by molar-refractivity contribution is 0.602. The average molecular weight is 398 g/mol. The van der Waals surface area contributed by atoms with Crippen molar-refractivity contribution in [1.82, 2.24) is 15.2 Å². The van der Waals surface area contributed by atoms with Crippen molar-refractivity contribution in [1.29, 1.82) is 0 Å². The van der Waals surface area contributed by atoms with E-state index in [1.165, 1.54) is 6.20 Å². The molecule has 2 aromatic rings.